The summed E-state index contributed by atoms with van der Waals surface area (Å²) >= 11 is 0. The maximum absolute atomic E-state index is 7.52. The smallest absolute Gasteiger partial charge is 0.0963 e. The summed E-state index contributed by atoms with van der Waals surface area (Å²) < 4.78 is 0. The number of aromatic nitrogens is 1. The number of rotatable bonds is 8. The highest BCUT2D eigenvalue weighted by atomic mass is 15.1. The molecule has 0 fully saturated rings. The van der Waals surface area contributed by atoms with Crippen LogP contribution in [0.15, 0.2) is 24.4 Å². The van der Waals surface area contributed by atoms with Crippen LogP contribution in [-0.4, -0.2) is 29.3 Å². The predicted octanol–water partition coefficient (Wildman–Crippen LogP) is 2.65. The van der Waals surface area contributed by atoms with Crippen LogP contribution in [0, 0.1) is 10.8 Å². The molecule has 3 N–H and O–H groups in total. The van der Waals surface area contributed by atoms with Crippen LogP contribution in [0.5, 0.6) is 0 Å². The van der Waals surface area contributed by atoms with Crippen LogP contribution < -0.4 is 5.73 Å². The number of amidine groups is 1. The standard InChI is InChI=1S/C15H26N4/c1-15(2,14(16)17)9-5-7-11-19(3)12-13-8-4-6-10-18-13/h4,6,8,10H,5,7,9,11-12H2,1-3H3,(H3,16,17). The van der Waals surface area contributed by atoms with Crippen LogP contribution >= 0.6 is 0 Å². The van der Waals surface area contributed by atoms with Crippen LogP contribution in [0.4, 0.5) is 0 Å². The summed E-state index contributed by atoms with van der Waals surface area (Å²) in [6, 6.07) is 6.01. The van der Waals surface area contributed by atoms with Gasteiger partial charge in [-0.2, -0.15) is 0 Å². The zero-order valence-corrected chi connectivity index (χ0v) is 12.3. The number of hydrogen-bond donors (Lipinski definition) is 2. The van der Waals surface area contributed by atoms with E-state index in [1.807, 2.05) is 32.2 Å². The second kappa shape index (κ2) is 7.24. The lowest BCUT2D eigenvalue weighted by molar-refractivity contribution is 0.305. The summed E-state index contributed by atoms with van der Waals surface area (Å²) in [6.07, 6.45) is 5.03. The molecule has 0 saturated heterocycles. The summed E-state index contributed by atoms with van der Waals surface area (Å²) in [6.45, 7) is 6.00. The number of unbranched alkanes of at least 4 members (excludes halogenated alkanes) is 1. The maximum Gasteiger partial charge on any atom is 0.0963 e. The average Bonchev–Trinajstić information content (AvgIpc) is 2.36. The van der Waals surface area contributed by atoms with Gasteiger partial charge in [0.25, 0.3) is 0 Å². The molecule has 0 aliphatic carbocycles. The minimum Gasteiger partial charge on any atom is -0.387 e. The molecular weight excluding hydrogens is 236 g/mol. The number of hydrogen-bond acceptors (Lipinski definition) is 3. The first-order valence-corrected chi connectivity index (χ1v) is 6.85. The van der Waals surface area contributed by atoms with Gasteiger partial charge in [-0.25, -0.2) is 0 Å². The van der Waals surface area contributed by atoms with Gasteiger partial charge in [0.15, 0.2) is 0 Å². The molecule has 0 radical (unpaired) electrons. The molecule has 0 saturated carbocycles. The van der Waals surface area contributed by atoms with E-state index in [1.54, 1.807) is 0 Å². The molecule has 1 heterocycles. The van der Waals surface area contributed by atoms with Crippen molar-refractivity contribution in [3.05, 3.63) is 30.1 Å². The van der Waals surface area contributed by atoms with E-state index in [4.69, 9.17) is 11.1 Å². The monoisotopic (exact) mass is 262 g/mol. The minimum atomic E-state index is -0.167. The molecule has 0 aliphatic heterocycles. The first-order chi connectivity index (χ1) is 8.92. The molecule has 0 bridgehead atoms. The van der Waals surface area contributed by atoms with E-state index in [1.165, 1.54) is 0 Å². The minimum absolute atomic E-state index is 0.167. The molecule has 1 aromatic heterocycles. The first-order valence-electron chi connectivity index (χ1n) is 6.85. The lowest BCUT2D eigenvalue weighted by Crippen LogP contribution is -2.31. The Morgan fingerprint density at radius 1 is 1.37 bits per heavy atom. The van der Waals surface area contributed by atoms with Crippen LogP contribution in [-0.2, 0) is 6.54 Å². The van der Waals surface area contributed by atoms with Crippen molar-refractivity contribution in [2.45, 2.75) is 39.7 Å². The van der Waals surface area contributed by atoms with Gasteiger partial charge < -0.3 is 10.6 Å². The van der Waals surface area contributed by atoms with Gasteiger partial charge in [-0.3, -0.25) is 10.4 Å². The van der Waals surface area contributed by atoms with Gasteiger partial charge in [0.1, 0.15) is 0 Å². The zero-order chi connectivity index (χ0) is 14.3. The van der Waals surface area contributed by atoms with Crippen LogP contribution in [0.3, 0.4) is 0 Å². The summed E-state index contributed by atoms with van der Waals surface area (Å²) in [5.74, 6) is 0.286. The number of nitrogens with zero attached hydrogens (tertiary/aromatic N) is 2. The summed E-state index contributed by atoms with van der Waals surface area (Å²) in [5.41, 5.74) is 6.52. The second-order valence-electron chi connectivity index (χ2n) is 5.81. The van der Waals surface area contributed by atoms with Gasteiger partial charge in [-0.15, -0.1) is 0 Å². The van der Waals surface area contributed by atoms with Gasteiger partial charge >= 0.3 is 0 Å². The Balaban J connectivity index is 2.21. The largest absolute Gasteiger partial charge is 0.387 e. The first kappa shape index (κ1) is 15.6. The summed E-state index contributed by atoms with van der Waals surface area (Å²) in [4.78, 5) is 6.60. The molecule has 1 aromatic rings. The van der Waals surface area contributed by atoms with Gasteiger partial charge in [0, 0.05) is 18.2 Å². The topological polar surface area (TPSA) is 66.0 Å². The van der Waals surface area contributed by atoms with E-state index >= 15 is 0 Å². The lowest BCUT2D eigenvalue weighted by Gasteiger charge is -2.23. The van der Waals surface area contributed by atoms with Crippen molar-refractivity contribution in [1.29, 1.82) is 5.41 Å². The Labute approximate surface area is 116 Å². The molecular formula is C15H26N4. The highest BCUT2D eigenvalue weighted by molar-refractivity contribution is 5.82. The van der Waals surface area contributed by atoms with Crippen molar-refractivity contribution in [3.8, 4) is 0 Å². The van der Waals surface area contributed by atoms with Crippen LogP contribution in [0.25, 0.3) is 0 Å². The van der Waals surface area contributed by atoms with Gasteiger partial charge in [-0.1, -0.05) is 26.3 Å². The fourth-order valence-corrected chi connectivity index (χ4v) is 1.93. The van der Waals surface area contributed by atoms with E-state index in [0.717, 1.165) is 38.0 Å². The molecule has 0 unspecified atom stereocenters. The third kappa shape index (κ3) is 5.83. The molecule has 4 heteroatoms. The molecule has 0 aromatic carbocycles. The third-order valence-electron chi connectivity index (χ3n) is 3.48. The van der Waals surface area contributed by atoms with E-state index in [9.17, 15) is 0 Å². The molecule has 0 amide bonds. The number of nitrogens with one attached hydrogen (secondary N) is 1. The molecule has 19 heavy (non-hydrogen) atoms. The average molecular weight is 262 g/mol. The fraction of sp³-hybridized carbons (Fsp3) is 0.600. The molecule has 0 spiro atoms. The van der Waals surface area contributed by atoms with Crippen molar-refractivity contribution < 1.29 is 0 Å². The van der Waals surface area contributed by atoms with Crippen molar-refractivity contribution in [1.82, 2.24) is 9.88 Å². The SMILES string of the molecule is CN(CCCCC(C)(C)C(=N)N)Cc1ccccn1. The molecule has 0 aliphatic rings. The van der Waals surface area contributed by atoms with E-state index in [0.29, 0.717) is 0 Å². The maximum atomic E-state index is 7.52. The predicted molar refractivity (Wildman–Crippen MR) is 80.1 cm³/mol. The molecule has 0 atom stereocenters. The van der Waals surface area contributed by atoms with Crippen molar-refractivity contribution in [2.75, 3.05) is 13.6 Å². The van der Waals surface area contributed by atoms with Crippen molar-refractivity contribution in [2.24, 2.45) is 11.1 Å². The number of pyridine rings is 1. The Morgan fingerprint density at radius 2 is 2.11 bits per heavy atom. The van der Waals surface area contributed by atoms with Gasteiger partial charge in [0.2, 0.25) is 0 Å². The Bertz CT molecular complexity index is 386. The Morgan fingerprint density at radius 3 is 2.68 bits per heavy atom. The normalized spacial score (nSPS) is 11.8. The third-order valence-corrected chi connectivity index (χ3v) is 3.48. The Hall–Kier alpha value is -1.42. The molecule has 106 valence electrons. The van der Waals surface area contributed by atoms with E-state index < -0.39 is 0 Å². The highest BCUT2D eigenvalue weighted by Crippen LogP contribution is 2.22. The van der Waals surface area contributed by atoms with Crippen molar-refractivity contribution in [3.63, 3.8) is 0 Å². The van der Waals surface area contributed by atoms with E-state index in [2.05, 4.69) is 23.0 Å². The second-order valence-corrected chi connectivity index (χ2v) is 5.81. The van der Waals surface area contributed by atoms with Crippen LogP contribution in [0.1, 0.15) is 38.8 Å². The lowest BCUT2D eigenvalue weighted by atomic mass is 9.86. The fourth-order valence-electron chi connectivity index (χ4n) is 1.93. The summed E-state index contributed by atoms with van der Waals surface area (Å²) in [7, 11) is 2.12. The van der Waals surface area contributed by atoms with Crippen molar-refractivity contribution >= 4 is 5.84 Å². The highest BCUT2D eigenvalue weighted by Gasteiger charge is 2.20. The van der Waals surface area contributed by atoms with Gasteiger partial charge in [0.05, 0.1) is 11.5 Å². The van der Waals surface area contributed by atoms with Crippen LogP contribution in [0.2, 0.25) is 0 Å². The summed E-state index contributed by atoms with van der Waals surface area (Å²) in [5, 5.41) is 7.52. The van der Waals surface area contributed by atoms with Gasteiger partial charge in [-0.05, 0) is 38.6 Å². The Kier molecular flexibility index (Phi) is 5.96. The molecule has 4 nitrogen and oxygen atoms in total. The van der Waals surface area contributed by atoms with E-state index in [-0.39, 0.29) is 11.3 Å². The quantitative estimate of drug-likeness (QED) is 0.430. The molecule has 1 rings (SSSR count). The zero-order valence-electron chi connectivity index (χ0n) is 12.3. The number of nitrogens with two attached hydrogens (primary N) is 1.